The molecule has 0 radical (unpaired) electrons. The number of ether oxygens (including phenoxy) is 1. The van der Waals surface area contributed by atoms with Gasteiger partial charge in [0.2, 0.25) is 88.6 Å². The quantitative estimate of drug-likeness (QED) is 0.0366. The number of nitrogens with two attached hydrogens (primary N) is 2. The summed E-state index contributed by atoms with van der Waals surface area (Å²) in [5.41, 5.74) is 15.4. The topological polar surface area (TPSA) is 479 Å². The van der Waals surface area contributed by atoms with E-state index in [0.717, 1.165) is 47.0 Å². The first-order chi connectivity index (χ1) is 62.4. The molecule has 1 aliphatic rings. The Hall–Kier alpha value is -12.8. The zero-order valence-electron chi connectivity index (χ0n) is 75.2. The lowest BCUT2D eigenvalue weighted by Gasteiger charge is -2.37. The lowest BCUT2D eigenvalue weighted by atomic mass is 9.98. The number of phenolic OH excluding ortho intramolecular Hbond substituents is 1. The van der Waals surface area contributed by atoms with Crippen LogP contribution < -0.4 is 59.3 Å². The number of carbonyl (C=O) groups excluding carboxylic acids is 16. The van der Waals surface area contributed by atoms with Crippen LogP contribution in [0.25, 0.3) is 10.1 Å². The molecule has 1 saturated heterocycles. The van der Waals surface area contributed by atoms with Gasteiger partial charge in [0, 0.05) is 95.8 Å². The average molecular weight is 1860 g/mol. The van der Waals surface area contributed by atoms with E-state index >= 15 is 43.2 Å². The molecule has 2 heterocycles. The van der Waals surface area contributed by atoms with Crippen molar-refractivity contribution in [1.29, 1.82) is 0 Å². The van der Waals surface area contributed by atoms with Gasteiger partial charge in [0.1, 0.15) is 78.8 Å². The number of rotatable bonds is 25. The Labute approximate surface area is 775 Å². The minimum atomic E-state index is -1.73. The number of thioether (sulfide) groups is 1. The second-order valence-corrected chi connectivity index (χ2v) is 35.7. The number of nitrogens with zero attached hydrogens (tertiary/aromatic N) is 5. The molecule has 0 spiro atoms. The Kier molecular flexibility index (Phi) is 40.3. The third-order valence-corrected chi connectivity index (χ3v) is 24.6. The van der Waals surface area contributed by atoms with E-state index in [1.54, 1.807) is 148 Å². The van der Waals surface area contributed by atoms with Crippen molar-refractivity contribution in [2.24, 2.45) is 23.3 Å². The molecule has 14 N–H and O–H groups in total. The maximum absolute atomic E-state index is 15.6. The van der Waals surface area contributed by atoms with Gasteiger partial charge in [-0.05, 0) is 105 Å². The predicted molar refractivity (Wildman–Crippen MR) is 497 cm³/mol. The lowest BCUT2D eigenvalue weighted by Crippen LogP contribution is -2.61. The van der Waals surface area contributed by atoms with E-state index in [9.17, 15) is 38.7 Å². The van der Waals surface area contributed by atoms with Crippen LogP contribution in [0.2, 0.25) is 5.02 Å². The molecular formula is C94H119ClN16O18S2. The Bertz CT molecular complexity index is 5130. The molecule has 8 rings (SSSR count). The number of benzene rings is 6. The van der Waals surface area contributed by atoms with Crippen molar-refractivity contribution < 1.29 is 86.6 Å². The van der Waals surface area contributed by atoms with E-state index in [0.29, 0.717) is 46.2 Å². The van der Waals surface area contributed by atoms with Crippen molar-refractivity contribution in [2.45, 2.75) is 172 Å². The van der Waals surface area contributed by atoms with Crippen molar-refractivity contribution in [3.05, 3.63) is 207 Å². The number of hydrogen-bond acceptors (Lipinski definition) is 21. The fourth-order valence-electron chi connectivity index (χ4n) is 15.0. The predicted octanol–water partition coefficient (Wildman–Crippen LogP) is 3.16. The van der Waals surface area contributed by atoms with Gasteiger partial charge in [-0.25, -0.2) is 0 Å². The largest absolute Gasteiger partial charge is 0.508 e. The Balaban J connectivity index is 1.22. The Morgan fingerprint density at radius 3 is 1.61 bits per heavy atom. The van der Waals surface area contributed by atoms with Crippen LogP contribution in [0.15, 0.2) is 163 Å². The lowest BCUT2D eigenvalue weighted by molar-refractivity contribution is -0.151. The van der Waals surface area contributed by atoms with Crippen molar-refractivity contribution in [1.82, 2.24) is 72.4 Å². The number of hydrogen-bond donors (Lipinski definition) is 12. The molecular weight excluding hydrogens is 1740 g/mol. The number of nitrogens with one attached hydrogen (secondary N) is 9. The summed E-state index contributed by atoms with van der Waals surface area (Å²) in [7, 11) is 6.66. The first kappa shape index (κ1) is 104. The summed E-state index contributed by atoms with van der Waals surface area (Å²) in [5.74, 6) is -15.3. The summed E-state index contributed by atoms with van der Waals surface area (Å²) >= 11 is 8.69. The summed E-state index contributed by atoms with van der Waals surface area (Å²) in [6, 6.07) is 27.1. The van der Waals surface area contributed by atoms with Crippen LogP contribution in [-0.4, -0.2) is 264 Å². The standard InChI is InChI=1S/C94H119ClN16O18S2/c1-11-12-29-75-92(126)108(7)50-81(116)101-73(51-129-55-112)88(122)106-83(57(4)5)94(128)110(9)76(44-58-22-15-13-16-23-58)89(123)104-71(42-60-31-33-62(47-96)34-32-60)90(124)107(6)49-80(115)99-70(46-64-52-131-78-30-20-19-28-67(64)78)87(121)103-69(41-61-35-37-66(113)38-36-61)86(120)102-68(39-56(2)3)85(119)105-74(84(118)98-48-79(97)114)53-130-54-82(117)100-72(43-63-26-21-27-65(95)40-63)91(125)111(10)77(93(127)109(75)8)45-59-24-17-14-18-25-59/h13-28,30-38,40,52,55-57,68-77,83,113H,11-12,29,39,41-51,53-54,96H2,1-10H3,(H2,97,114)(H,98,118)(H,99,115)(H,100,117)(H,101,116)(H,102,120)(H,103,121)(H,104,123)(H,105,119)(H,106,122)/t68-,69-,70-,71-,72-,73-,74-,75-,76-,77-,83-/m0/s1. The maximum atomic E-state index is 15.6. The number of phenols is 1. The average Bonchev–Trinajstić information content (AvgIpc) is 1.67. The minimum Gasteiger partial charge on any atom is -0.508 e. The SMILES string of the molecule is CCCC[C@H]1C(=O)N(C)CC(=O)N[C@@H](COC=O)C(=O)N[C@@H](C(C)C)C(=O)N(C)[C@@H](Cc2ccccc2)C(=O)N[C@@H](Cc2ccc(CN)cc2)C(=O)N(C)CC(=O)N[C@@H](Cc2csc3ccccc23)C(=O)N[C@@H](Cc2ccc(O)cc2)C(=O)N[C@@H](CC(C)C)C(=O)N[C@H](C(=O)NCC(N)=O)CSCC(=O)N[C@@H](Cc2cccc(Cl)c2)C(=O)N(C)[C@@H](Cc2ccccc2)C(=O)N1C. The highest BCUT2D eigenvalue weighted by molar-refractivity contribution is 8.00. The number of halogens is 1. The molecule has 0 saturated carbocycles. The smallest absolute Gasteiger partial charge is 0.293 e. The zero-order chi connectivity index (χ0) is 95.7. The Morgan fingerprint density at radius 1 is 0.519 bits per heavy atom. The first-order valence-corrected chi connectivity index (χ1v) is 45.6. The summed E-state index contributed by atoms with van der Waals surface area (Å²) in [5, 5.41) is 37.5. The van der Waals surface area contributed by atoms with Gasteiger partial charge in [-0.3, -0.25) is 76.7 Å². The summed E-state index contributed by atoms with van der Waals surface area (Å²) in [6.07, 6.45) is -0.325. The molecule has 37 heteroatoms. The van der Waals surface area contributed by atoms with E-state index in [1.807, 2.05) is 25.1 Å². The van der Waals surface area contributed by atoms with E-state index in [4.69, 9.17) is 27.8 Å². The number of thiophene rings is 1. The van der Waals surface area contributed by atoms with Crippen molar-refractivity contribution in [2.75, 3.05) is 73.0 Å². The molecule has 34 nitrogen and oxygen atoms in total. The monoisotopic (exact) mass is 1860 g/mol. The molecule has 702 valence electrons. The third-order valence-electron chi connectivity index (χ3n) is 22.3. The minimum absolute atomic E-state index is 0.0319. The van der Waals surface area contributed by atoms with Gasteiger partial charge >= 0.3 is 0 Å². The molecule has 0 unspecified atom stereocenters. The van der Waals surface area contributed by atoms with Gasteiger partial charge in [0.25, 0.3) is 6.47 Å². The maximum Gasteiger partial charge on any atom is 0.293 e. The van der Waals surface area contributed by atoms with Crippen LogP contribution in [0, 0.1) is 11.8 Å². The molecule has 7 aromatic rings. The molecule has 131 heavy (non-hydrogen) atoms. The Morgan fingerprint density at radius 2 is 1.02 bits per heavy atom. The van der Waals surface area contributed by atoms with Crippen LogP contribution >= 0.6 is 34.7 Å². The highest BCUT2D eigenvalue weighted by Gasteiger charge is 2.42. The van der Waals surface area contributed by atoms with E-state index in [-0.39, 0.29) is 81.1 Å². The molecule has 1 aliphatic heterocycles. The zero-order valence-corrected chi connectivity index (χ0v) is 77.6. The number of unbranched alkanes of at least 4 members (excludes halogenated alkanes) is 1. The third kappa shape index (κ3) is 31.5. The number of amides is 15. The van der Waals surface area contributed by atoms with Crippen LogP contribution in [0.3, 0.4) is 0 Å². The van der Waals surface area contributed by atoms with E-state index < -0.39 is 199 Å². The van der Waals surface area contributed by atoms with E-state index in [1.165, 1.54) is 75.7 Å². The van der Waals surface area contributed by atoms with Gasteiger partial charge in [-0.15, -0.1) is 23.1 Å². The highest BCUT2D eigenvalue weighted by atomic mass is 35.5. The summed E-state index contributed by atoms with van der Waals surface area (Å²) < 4.78 is 5.90. The normalized spacial score (nSPS) is 21.7. The number of likely N-dealkylation sites (N-methyl/N-ethyl adjacent to an activating group) is 5. The van der Waals surface area contributed by atoms with Crippen LogP contribution in [0.1, 0.15) is 99.2 Å². The second-order valence-electron chi connectivity index (χ2n) is 33.3. The van der Waals surface area contributed by atoms with Gasteiger partial charge in [0.05, 0.1) is 25.4 Å². The van der Waals surface area contributed by atoms with Crippen LogP contribution in [-0.2, 0) is 127 Å². The molecule has 0 aliphatic carbocycles. The highest BCUT2D eigenvalue weighted by Crippen LogP contribution is 2.28. The fraction of sp³-hybridized carbons (Fsp3) is 0.426. The molecule has 15 amide bonds. The fourth-order valence-corrected chi connectivity index (χ4v) is 17.0. The van der Waals surface area contributed by atoms with Gasteiger partial charge in [-0.1, -0.05) is 186 Å². The molecule has 1 fully saturated rings. The van der Waals surface area contributed by atoms with Gasteiger partial charge in [-0.2, -0.15) is 0 Å². The first-order valence-electron chi connectivity index (χ1n) is 43.2. The van der Waals surface area contributed by atoms with Crippen LogP contribution in [0.5, 0.6) is 5.75 Å². The van der Waals surface area contributed by atoms with Crippen molar-refractivity contribution in [3.63, 3.8) is 0 Å². The molecule has 11 atom stereocenters. The second kappa shape index (κ2) is 51.0. The summed E-state index contributed by atoms with van der Waals surface area (Å²) in [6.45, 7) is 5.79. The van der Waals surface area contributed by atoms with Crippen molar-refractivity contribution >= 4 is 140 Å². The molecule has 0 bridgehead atoms. The molecule has 1 aromatic heterocycles. The van der Waals surface area contributed by atoms with Crippen molar-refractivity contribution in [3.8, 4) is 5.75 Å². The number of primary amides is 1. The number of aromatic hydroxyl groups is 1. The summed E-state index contributed by atoms with van der Waals surface area (Å²) in [4.78, 5) is 241. The van der Waals surface area contributed by atoms with Gasteiger partial charge < -0.3 is 93.7 Å². The van der Waals surface area contributed by atoms with Crippen LogP contribution in [0.4, 0.5) is 0 Å². The van der Waals surface area contributed by atoms with Gasteiger partial charge in [0.15, 0.2) is 0 Å². The van der Waals surface area contributed by atoms with E-state index in [2.05, 4.69) is 47.9 Å². The molecule has 6 aromatic carbocycles. The number of carbonyl (C=O) groups is 16. The number of fused-ring (bicyclic) bond motifs is 1.